The first kappa shape index (κ1) is 12.0. The summed E-state index contributed by atoms with van der Waals surface area (Å²) in [6.07, 6.45) is 1.56. The maximum absolute atomic E-state index is 11.9. The quantitative estimate of drug-likeness (QED) is 0.681. The molecule has 0 atom stereocenters. The Balaban J connectivity index is 3.12. The van der Waals surface area contributed by atoms with Crippen molar-refractivity contribution < 1.29 is 4.79 Å². The van der Waals surface area contributed by atoms with E-state index in [-0.39, 0.29) is 11.2 Å². The van der Waals surface area contributed by atoms with Gasteiger partial charge in [0.2, 0.25) is 0 Å². The van der Waals surface area contributed by atoms with Crippen LogP contribution in [0.4, 0.5) is 0 Å². The highest BCUT2D eigenvalue weighted by Crippen LogP contribution is 2.26. The van der Waals surface area contributed by atoms with Crippen molar-refractivity contribution in [1.29, 1.82) is 0 Å². The average Bonchev–Trinajstić information content (AvgIpc) is 2.17. The number of hydrogen-bond acceptors (Lipinski definition) is 1. The van der Waals surface area contributed by atoms with Gasteiger partial charge in [0.05, 0.1) is 0 Å². The molecule has 15 heavy (non-hydrogen) atoms. The van der Waals surface area contributed by atoms with Gasteiger partial charge >= 0.3 is 0 Å². The Bertz CT molecular complexity index is 345. The standard InChI is InChI=1S/C14H20O/c1-5-8-13(15)11-9-6-7-10-12(11)14(2,3)4/h6-7,9-10H,5,8H2,1-4H3. The number of rotatable bonds is 3. The van der Waals surface area contributed by atoms with Gasteiger partial charge in [-0.1, -0.05) is 52.0 Å². The summed E-state index contributed by atoms with van der Waals surface area (Å²) in [6.45, 7) is 8.47. The molecule has 0 saturated carbocycles. The molecule has 1 rings (SSSR count). The van der Waals surface area contributed by atoms with Crippen molar-refractivity contribution >= 4 is 5.78 Å². The van der Waals surface area contributed by atoms with Gasteiger partial charge < -0.3 is 0 Å². The number of benzene rings is 1. The third kappa shape index (κ3) is 2.92. The lowest BCUT2D eigenvalue weighted by molar-refractivity contribution is 0.0979. The van der Waals surface area contributed by atoms with Gasteiger partial charge in [0.1, 0.15) is 0 Å². The van der Waals surface area contributed by atoms with E-state index in [1.807, 2.05) is 25.1 Å². The average molecular weight is 204 g/mol. The van der Waals surface area contributed by atoms with E-state index in [2.05, 4.69) is 26.8 Å². The maximum atomic E-state index is 11.9. The summed E-state index contributed by atoms with van der Waals surface area (Å²) in [6, 6.07) is 7.95. The van der Waals surface area contributed by atoms with Gasteiger partial charge in [0.25, 0.3) is 0 Å². The molecule has 82 valence electrons. The molecule has 0 spiro atoms. The van der Waals surface area contributed by atoms with Gasteiger partial charge in [0.15, 0.2) is 5.78 Å². The van der Waals surface area contributed by atoms with E-state index in [0.717, 1.165) is 17.5 Å². The molecule has 0 aliphatic carbocycles. The predicted octanol–water partition coefficient (Wildman–Crippen LogP) is 3.97. The van der Waals surface area contributed by atoms with E-state index >= 15 is 0 Å². The Kier molecular flexibility index (Phi) is 3.67. The Morgan fingerprint density at radius 3 is 2.33 bits per heavy atom. The van der Waals surface area contributed by atoms with E-state index in [1.165, 1.54) is 0 Å². The first-order chi connectivity index (χ1) is 6.96. The number of hydrogen-bond donors (Lipinski definition) is 0. The molecule has 1 aromatic rings. The molecule has 0 aliphatic heterocycles. The molecule has 0 N–H and O–H groups in total. The fourth-order valence-electron chi connectivity index (χ4n) is 1.74. The van der Waals surface area contributed by atoms with Crippen molar-refractivity contribution in [3.63, 3.8) is 0 Å². The summed E-state index contributed by atoms with van der Waals surface area (Å²) < 4.78 is 0. The Morgan fingerprint density at radius 2 is 1.80 bits per heavy atom. The molecule has 1 nitrogen and oxygen atoms in total. The van der Waals surface area contributed by atoms with Crippen molar-refractivity contribution in [2.45, 2.75) is 46.0 Å². The third-order valence-electron chi connectivity index (χ3n) is 2.51. The van der Waals surface area contributed by atoms with Gasteiger partial charge in [-0.15, -0.1) is 0 Å². The van der Waals surface area contributed by atoms with Crippen LogP contribution in [-0.4, -0.2) is 5.78 Å². The van der Waals surface area contributed by atoms with Crippen LogP contribution in [-0.2, 0) is 5.41 Å². The topological polar surface area (TPSA) is 17.1 Å². The minimum atomic E-state index is 0.0417. The molecule has 0 unspecified atom stereocenters. The van der Waals surface area contributed by atoms with Gasteiger partial charge in [-0.25, -0.2) is 0 Å². The zero-order valence-corrected chi connectivity index (χ0v) is 10.1. The zero-order valence-electron chi connectivity index (χ0n) is 10.1. The SMILES string of the molecule is CCCC(=O)c1ccccc1C(C)(C)C. The summed E-state index contributed by atoms with van der Waals surface area (Å²) in [5.41, 5.74) is 2.09. The first-order valence-corrected chi connectivity index (χ1v) is 5.59. The highest BCUT2D eigenvalue weighted by molar-refractivity contribution is 5.97. The molecular formula is C14H20O. The molecule has 0 aliphatic rings. The summed E-state index contributed by atoms with van der Waals surface area (Å²) >= 11 is 0. The molecule has 0 fully saturated rings. The van der Waals surface area contributed by atoms with Crippen LogP contribution in [0.1, 0.15) is 56.5 Å². The lowest BCUT2D eigenvalue weighted by Crippen LogP contribution is -2.16. The van der Waals surface area contributed by atoms with Crippen molar-refractivity contribution in [3.8, 4) is 0 Å². The molecule has 0 aromatic heterocycles. The second kappa shape index (κ2) is 4.61. The number of Topliss-reactive ketones (excluding diaryl/α,β-unsaturated/α-hetero) is 1. The van der Waals surface area contributed by atoms with Crippen molar-refractivity contribution in [2.24, 2.45) is 0 Å². The summed E-state index contributed by atoms with van der Waals surface area (Å²) in [5.74, 6) is 0.267. The van der Waals surface area contributed by atoms with E-state index in [1.54, 1.807) is 0 Å². The molecule has 1 aromatic carbocycles. The molecular weight excluding hydrogens is 184 g/mol. The van der Waals surface area contributed by atoms with Crippen LogP contribution in [0.25, 0.3) is 0 Å². The van der Waals surface area contributed by atoms with Crippen molar-refractivity contribution in [3.05, 3.63) is 35.4 Å². The Labute approximate surface area is 92.5 Å². The zero-order chi connectivity index (χ0) is 11.5. The summed E-state index contributed by atoms with van der Waals surface area (Å²) in [4.78, 5) is 11.9. The minimum Gasteiger partial charge on any atom is -0.294 e. The predicted molar refractivity (Wildman–Crippen MR) is 64.4 cm³/mol. The lowest BCUT2D eigenvalue weighted by atomic mass is 9.82. The molecule has 0 saturated heterocycles. The Morgan fingerprint density at radius 1 is 1.20 bits per heavy atom. The van der Waals surface area contributed by atoms with E-state index in [9.17, 15) is 4.79 Å². The van der Waals surface area contributed by atoms with Crippen LogP contribution in [0, 0.1) is 0 Å². The number of carbonyl (C=O) groups excluding carboxylic acids is 1. The number of carbonyl (C=O) groups is 1. The Hall–Kier alpha value is -1.11. The number of ketones is 1. The second-order valence-electron chi connectivity index (χ2n) is 4.97. The van der Waals surface area contributed by atoms with Crippen molar-refractivity contribution in [2.75, 3.05) is 0 Å². The molecule has 1 heteroatoms. The van der Waals surface area contributed by atoms with Gasteiger partial charge in [0, 0.05) is 12.0 Å². The summed E-state index contributed by atoms with van der Waals surface area (Å²) in [7, 11) is 0. The fraction of sp³-hybridized carbons (Fsp3) is 0.500. The first-order valence-electron chi connectivity index (χ1n) is 5.59. The van der Waals surface area contributed by atoms with Crippen LogP contribution >= 0.6 is 0 Å². The van der Waals surface area contributed by atoms with E-state index in [4.69, 9.17) is 0 Å². The molecule has 0 heterocycles. The maximum Gasteiger partial charge on any atom is 0.163 e. The van der Waals surface area contributed by atoms with E-state index < -0.39 is 0 Å². The highest BCUT2D eigenvalue weighted by atomic mass is 16.1. The van der Waals surface area contributed by atoms with Gasteiger partial charge in [-0.3, -0.25) is 4.79 Å². The minimum absolute atomic E-state index is 0.0417. The van der Waals surface area contributed by atoms with Crippen LogP contribution in [0.5, 0.6) is 0 Å². The monoisotopic (exact) mass is 204 g/mol. The fourth-order valence-corrected chi connectivity index (χ4v) is 1.74. The smallest absolute Gasteiger partial charge is 0.163 e. The highest BCUT2D eigenvalue weighted by Gasteiger charge is 2.20. The molecule has 0 bridgehead atoms. The summed E-state index contributed by atoms with van der Waals surface area (Å²) in [5, 5.41) is 0. The van der Waals surface area contributed by atoms with Crippen LogP contribution < -0.4 is 0 Å². The van der Waals surface area contributed by atoms with Crippen LogP contribution in [0.2, 0.25) is 0 Å². The van der Waals surface area contributed by atoms with Crippen molar-refractivity contribution in [1.82, 2.24) is 0 Å². The second-order valence-corrected chi connectivity index (χ2v) is 4.97. The van der Waals surface area contributed by atoms with Crippen LogP contribution in [0.3, 0.4) is 0 Å². The van der Waals surface area contributed by atoms with Gasteiger partial charge in [-0.2, -0.15) is 0 Å². The molecule has 0 radical (unpaired) electrons. The third-order valence-corrected chi connectivity index (χ3v) is 2.51. The molecule has 0 amide bonds. The van der Waals surface area contributed by atoms with Gasteiger partial charge in [-0.05, 0) is 17.4 Å². The lowest BCUT2D eigenvalue weighted by Gasteiger charge is -2.22. The van der Waals surface area contributed by atoms with E-state index in [0.29, 0.717) is 6.42 Å². The largest absolute Gasteiger partial charge is 0.294 e. The normalized spacial score (nSPS) is 11.5. The van der Waals surface area contributed by atoms with Crippen LogP contribution in [0.15, 0.2) is 24.3 Å².